The predicted octanol–water partition coefficient (Wildman–Crippen LogP) is 3.72. The number of thiazole rings is 1. The second-order valence-electron chi connectivity index (χ2n) is 5.52. The number of anilines is 1. The lowest BCUT2D eigenvalue weighted by atomic mass is 10.2. The van der Waals surface area contributed by atoms with Gasteiger partial charge in [-0.2, -0.15) is 0 Å². The van der Waals surface area contributed by atoms with E-state index >= 15 is 0 Å². The van der Waals surface area contributed by atoms with Crippen LogP contribution in [-0.2, 0) is 9.59 Å². The van der Waals surface area contributed by atoms with E-state index in [-0.39, 0.29) is 17.5 Å². The zero-order chi connectivity index (χ0) is 17.8. The minimum Gasteiger partial charge on any atom is -0.322 e. The molecule has 0 aliphatic carbocycles. The molecule has 5 nitrogen and oxygen atoms in total. The van der Waals surface area contributed by atoms with E-state index < -0.39 is 0 Å². The zero-order valence-electron chi connectivity index (χ0n) is 13.9. The number of hydrogen-bond acceptors (Lipinski definition) is 4. The summed E-state index contributed by atoms with van der Waals surface area (Å²) in [5.74, 6) is -0.675. The van der Waals surface area contributed by atoms with Crippen LogP contribution in [0.25, 0.3) is 16.3 Å². The standard InChI is InChI=1S/C19H17N3O2S/c1-12(23)20-17(10-14-6-4-3-5-7-14)19(24)22-15-8-9-16-18(11-15)25-13(2)21-16/h3-11H,1-2H3,(H,20,23)(H,22,24)/b17-10+. The first kappa shape index (κ1) is 16.9. The van der Waals surface area contributed by atoms with Crippen LogP contribution < -0.4 is 10.6 Å². The maximum atomic E-state index is 12.6. The third-order valence-corrected chi connectivity index (χ3v) is 4.35. The van der Waals surface area contributed by atoms with Gasteiger partial charge in [0.2, 0.25) is 5.91 Å². The number of hydrogen-bond donors (Lipinski definition) is 2. The van der Waals surface area contributed by atoms with E-state index in [0.717, 1.165) is 20.8 Å². The SMILES string of the molecule is CC(=O)N/C(=C/c1ccccc1)C(=O)Nc1ccc2nc(C)sc2c1. The Morgan fingerprint density at radius 2 is 1.88 bits per heavy atom. The summed E-state index contributed by atoms with van der Waals surface area (Å²) >= 11 is 1.57. The van der Waals surface area contributed by atoms with Crippen molar-refractivity contribution in [3.05, 3.63) is 64.8 Å². The molecule has 0 aliphatic heterocycles. The largest absolute Gasteiger partial charge is 0.322 e. The Morgan fingerprint density at radius 3 is 2.60 bits per heavy atom. The first-order valence-electron chi connectivity index (χ1n) is 7.74. The summed E-state index contributed by atoms with van der Waals surface area (Å²) in [4.78, 5) is 28.4. The normalized spacial score (nSPS) is 11.4. The van der Waals surface area contributed by atoms with Crippen molar-refractivity contribution in [3.8, 4) is 0 Å². The number of fused-ring (bicyclic) bond motifs is 1. The molecule has 0 fully saturated rings. The number of nitrogens with zero attached hydrogens (tertiary/aromatic N) is 1. The Morgan fingerprint density at radius 1 is 1.12 bits per heavy atom. The van der Waals surface area contributed by atoms with Gasteiger partial charge in [0.05, 0.1) is 15.2 Å². The quantitative estimate of drug-likeness (QED) is 0.704. The molecular weight excluding hydrogens is 334 g/mol. The highest BCUT2D eigenvalue weighted by Gasteiger charge is 2.12. The second kappa shape index (κ2) is 7.27. The van der Waals surface area contributed by atoms with Gasteiger partial charge in [-0.3, -0.25) is 9.59 Å². The van der Waals surface area contributed by atoms with Gasteiger partial charge in [-0.1, -0.05) is 30.3 Å². The van der Waals surface area contributed by atoms with Gasteiger partial charge in [0.15, 0.2) is 0 Å². The highest BCUT2D eigenvalue weighted by atomic mass is 32.1. The number of carbonyl (C=O) groups is 2. The number of carbonyl (C=O) groups excluding carboxylic acids is 2. The molecule has 0 saturated carbocycles. The van der Waals surface area contributed by atoms with E-state index in [1.54, 1.807) is 23.5 Å². The molecule has 3 aromatic rings. The van der Waals surface area contributed by atoms with Crippen LogP contribution in [0.3, 0.4) is 0 Å². The van der Waals surface area contributed by atoms with Crippen LogP contribution in [0.4, 0.5) is 5.69 Å². The highest BCUT2D eigenvalue weighted by Crippen LogP contribution is 2.25. The monoisotopic (exact) mass is 351 g/mol. The zero-order valence-corrected chi connectivity index (χ0v) is 14.7. The summed E-state index contributed by atoms with van der Waals surface area (Å²) in [7, 11) is 0. The summed E-state index contributed by atoms with van der Waals surface area (Å²) in [5.41, 5.74) is 2.59. The van der Waals surface area contributed by atoms with Crippen molar-refractivity contribution in [2.24, 2.45) is 0 Å². The van der Waals surface area contributed by atoms with E-state index in [4.69, 9.17) is 0 Å². The summed E-state index contributed by atoms with van der Waals surface area (Å²) in [6, 6.07) is 14.9. The number of rotatable bonds is 4. The van der Waals surface area contributed by atoms with Crippen LogP contribution in [0, 0.1) is 6.92 Å². The lowest BCUT2D eigenvalue weighted by molar-refractivity contribution is -0.120. The molecule has 25 heavy (non-hydrogen) atoms. The average Bonchev–Trinajstić information content (AvgIpc) is 2.94. The van der Waals surface area contributed by atoms with Gasteiger partial charge in [0, 0.05) is 12.6 Å². The summed E-state index contributed by atoms with van der Waals surface area (Å²) in [6.07, 6.45) is 1.64. The van der Waals surface area contributed by atoms with E-state index in [1.807, 2.05) is 49.4 Å². The van der Waals surface area contributed by atoms with Crippen LogP contribution in [0.5, 0.6) is 0 Å². The van der Waals surface area contributed by atoms with Gasteiger partial charge >= 0.3 is 0 Å². The smallest absolute Gasteiger partial charge is 0.272 e. The van der Waals surface area contributed by atoms with Crippen molar-refractivity contribution in [2.75, 3.05) is 5.32 Å². The Labute approximate surface area is 149 Å². The lowest BCUT2D eigenvalue weighted by Crippen LogP contribution is -2.28. The first-order chi connectivity index (χ1) is 12.0. The van der Waals surface area contributed by atoms with Crippen molar-refractivity contribution in [2.45, 2.75) is 13.8 Å². The molecule has 0 atom stereocenters. The van der Waals surface area contributed by atoms with Gasteiger partial charge < -0.3 is 10.6 Å². The molecule has 0 radical (unpaired) electrons. The van der Waals surface area contributed by atoms with Crippen molar-refractivity contribution in [1.82, 2.24) is 10.3 Å². The molecule has 2 amide bonds. The molecule has 1 heterocycles. The molecule has 0 saturated heterocycles. The van der Waals surface area contributed by atoms with Gasteiger partial charge in [0.25, 0.3) is 5.91 Å². The third-order valence-electron chi connectivity index (χ3n) is 3.42. The molecule has 0 aliphatic rings. The maximum Gasteiger partial charge on any atom is 0.272 e. The fourth-order valence-electron chi connectivity index (χ4n) is 2.38. The minimum atomic E-state index is -0.375. The Hall–Kier alpha value is -2.99. The van der Waals surface area contributed by atoms with E-state index in [1.165, 1.54) is 6.92 Å². The van der Waals surface area contributed by atoms with Gasteiger partial charge in [-0.05, 0) is 36.8 Å². The van der Waals surface area contributed by atoms with E-state index in [0.29, 0.717) is 5.69 Å². The molecule has 3 rings (SSSR count). The highest BCUT2D eigenvalue weighted by molar-refractivity contribution is 7.18. The molecule has 2 N–H and O–H groups in total. The van der Waals surface area contributed by atoms with Crippen LogP contribution in [0.1, 0.15) is 17.5 Å². The lowest BCUT2D eigenvalue weighted by Gasteiger charge is -2.10. The van der Waals surface area contributed by atoms with Gasteiger partial charge in [0.1, 0.15) is 5.70 Å². The number of benzene rings is 2. The fraction of sp³-hybridized carbons (Fsp3) is 0.105. The minimum absolute atomic E-state index is 0.194. The van der Waals surface area contributed by atoms with Gasteiger partial charge in [-0.25, -0.2) is 4.98 Å². The average molecular weight is 351 g/mol. The van der Waals surface area contributed by atoms with Crippen molar-refractivity contribution in [1.29, 1.82) is 0 Å². The van der Waals surface area contributed by atoms with E-state index in [9.17, 15) is 9.59 Å². The molecule has 0 bridgehead atoms. The first-order valence-corrected chi connectivity index (χ1v) is 8.56. The third kappa shape index (κ3) is 4.30. The molecule has 1 aromatic heterocycles. The van der Waals surface area contributed by atoms with Crippen molar-refractivity contribution >= 4 is 45.1 Å². The predicted molar refractivity (Wildman–Crippen MR) is 101 cm³/mol. The van der Waals surface area contributed by atoms with Crippen LogP contribution in [0.15, 0.2) is 54.2 Å². The summed E-state index contributed by atoms with van der Waals surface area (Å²) in [5, 5.41) is 6.39. The maximum absolute atomic E-state index is 12.6. The van der Waals surface area contributed by atoms with Crippen molar-refractivity contribution < 1.29 is 9.59 Å². The Kier molecular flexibility index (Phi) is 4.90. The fourth-order valence-corrected chi connectivity index (χ4v) is 3.25. The van der Waals surface area contributed by atoms with Crippen LogP contribution in [-0.4, -0.2) is 16.8 Å². The molecular formula is C19H17N3O2S. The second-order valence-corrected chi connectivity index (χ2v) is 6.75. The summed E-state index contributed by atoms with van der Waals surface area (Å²) < 4.78 is 1.00. The Bertz CT molecular complexity index is 961. The Balaban J connectivity index is 1.86. The topological polar surface area (TPSA) is 71.1 Å². The molecule has 0 unspecified atom stereocenters. The molecule has 2 aromatic carbocycles. The molecule has 0 spiro atoms. The van der Waals surface area contributed by atoms with Crippen LogP contribution >= 0.6 is 11.3 Å². The van der Waals surface area contributed by atoms with Gasteiger partial charge in [-0.15, -0.1) is 11.3 Å². The summed E-state index contributed by atoms with van der Waals surface area (Å²) in [6.45, 7) is 3.32. The number of nitrogens with one attached hydrogen (secondary N) is 2. The number of aryl methyl sites for hydroxylation is 1. The number of aromatic nitrogens is 1. The van der Waals surface area contributed by atoms with Crippen LogP contribution in [0.2, 0.25) is 0 Å². The molecule has 6 heteroatoms. The van der Waals surface area contributed by atoms with Crippen molar-refractivity contribution in [3.63, 3.8) is 0 Å². The molecule has 126 valence electrons. The van der Waals surface area contributed by atoms with E-state index in [2.05, 4.69) is 15.6 Å². The number of amides is 2.